The Labute approximate surface area is 184 Å². The van der Waals surface area contributed by atoms with Gasteiger partial charge in [-0.1, -0.05) is 54.4 Å². The zero-order chi connectivity index (χ0) is 21.8. The Hall–Kier alpha value is 0.400. The second-order valence-corrected chi connectivity index (χ2v) is 12.9. The zero-order valence-corrected chi connectivity index (χ0v) is 21.0. The topological polar surface area (TPSA) is 55.8 Å². The molecule has 0 aromatic heterocycles. The molecule has 4 nitrogen and oxygen atoms in total. The van der Waals surface area contributed by atoms with Crippen molar-refractivity contribution in [1.82, 2.24) is 0 Å². The van der Waals surface area contributed by atoms with Gasteiger partial charge in [-0.2, -0.15) is 0 Å². The van der Waals surface area contributed by atoms with Gasteiger partial charge in [0, 0.05) is 5.88 Å². The van der Waals surface area contributed by atoms with E-state index in [1.165, 1.54) is 12.8 Å². The van der Waals surface area contributed by atoms with Gasteiger partial charge >= 0.3 is 7.60 Å². The molecule has 172 valence electrons. The van der Waals surface area contributed by atoms with Gasteiger partial charge in [0.25, 0.3) is 0 Å². The normalized spacial score (nSPS) is 35.2. The van der Waals surface area contributed by atoms with Gasteiger partial charge in [0.1, 0.15) is 0 Å². The van der Waals surface area contributed by atoms with Gasteiger partial charge < -0.3 is 14.2 Å². The molecule has 0 saturated heterocycles. The molecular weight excluding hydrogens is 407 g/mol. The third-order valence-corrected chi connectivity index (χ3v) is 9.54. The van der Waals surface area contributed by atoms with Gasteiger partial charge in [0.2, 0.25) is 0 Å². The molecule has 0 heterocycles. The molecular formula is C23H44ClO4P. The summed E-state index contributed by atoms with van der Waals surface area (Å²) >= 11 is 5.87. The first-order valence-electron chi connectivity index (χ1n) is 11.7. The maximum absolute atomic E-state index is 14.0. The van der Waals surface area contributed by atoms with E-state index in [2.05, 4.69) is 41.5 Å². The van der Waals surface area contributed by atoms with Gasteiger partial charge in [-0.05, 0) is 61.2 Å². The third-order valence-electron chi connectivity index (χ3n) is 7.13. The van der Waals surface area contributed by atoms with E-state index in [0.717, 1.165) is 25.7 Å². The van der Waals surface area contributed by atoms with Crippen LogP contribution < -0.4 is 0 Å². The number of hydrogen-bond acceptors (Lipinski definition) is 4. The van der Waals surface area contributed by atoms with E-state index in [1.54, 1.807) is 0 Å². The number of alkyl halides is 1. The molecule has 2 aliphatic rings. The monoisotopic (exact) mass is 450 g/mol. The predicted molar refractivity (Wildman–Crippen MR) is 122 cm³/mol. The van der Waals surface area contributed by atoms with Crippen molar-refractivity contribution in [2.45, 2.75) is 98.4 Å². The summed E-state index contributed by atoms with van der Waals surface area (Å²) in [5.74, 6) is 2.85. The smallest absolute Gasteiger partial charge is 0.333 e. The van der Waals surface area contributed by atoms with Crippen molar-refractivity contribution in [3.8, 4) is 0 Å². The van der Waals surface area contributed by atoms with Crippen molar-refractivity contribution >= 4 is 19.2 Å². The lowest BCUT2D eigenvalue weighted by Crippen LogP contribution is -2.37. The van der Waals surface area contributed by atoms with Crippen LogP contribution >= 0.6 is 19.2 Å². The fourth-order valence-corrected chi connectivity index (χ4v) is 7.74. The number of rotatable bonds is 9. The number of aliphatic hydroxyl groups is 1. The summed E-state index contributed by atoms with van der Waals surface area (Å²) < 4.78 is 26.8. The number of aliphatic hydroxyl groups excluding tert-OH is 1. The average Bonchev–Trinajstić information content (AvgIpc) is 2.60. The quantitative estimate of drug-likeness (QED) is 0.312. The summed E-state index contributed by atoms with van der Waals surface area (Å²) in [5, 5.41) is 10.2. The zero-order valence-electron chi connectivity index (χ0n) is 19.4. The van der Waals surface area contributed by atoms with Crippen LogP contribution in [0.5, 0.6) is 0 Å². The Morgan fingerprint density at radius 3 is 1.66 bits per heavy atom. The molecule has 0 unspecified atom stereocenters. The Morgan fingerprint density at radius 2 is 1.31 bits per heavy atom. The highest BCUT2D eigenvalue weighted by Crippen LogP contribution is 2.56. The lowest BCUT2D eigenvalue weighted by Gasteiger charge is -2.42. The lowest BCUT2D eigenvalue weighted by molar-refractivity contribution is -0.00535. The SMILES string of the molecule is CC(C)[C@@H]1CC[C@@H](C)C[C@H]1OP(=O)(C[C@@H](O)CCl)O[C@@H]1C[C@H](C)CC[C@H]1C(C)C. The fraction of sp³-hybridized carbons (Fsp3) is 1.00. The summed E-state index contributed by atoms with van der Waals surface area (Å²) in [4.78, 5) is 0. The van der Waals surface area contributed by atoms with Crippen molar-refractivity contribution in [3.63, 3.8) is 0 Å². The molecule has 2 rings (SSSR count). The van der Waals surface area contributed by atoms with E-state index >= 15 is 0 Å². The molecule has 29 heavy (non-hydrogen) atoms. The van der Waals surface area contributed by atoms with Gasteiger partial charge in [-0.3, -0.25) is 4.57 Å². The van der Waals surface area contributed by atoms with E-state index in [9.17, 15) is 9.67 Å². The Bertz CT molecular complexity index is 503. The number of hydrogen-bond donors (Lipinski definition) is 1. The molecule has 0 amide bonds. The maximum Gasteiger partial charge on any atom is 0.333 e. The van der Waals surface area contributed by atoms with Crippen LogP contribution in [0.2, 0.25) is 0 Å². The maximum atomic E-state index is 14.0. The molecule has 0 bridgehead atoms. The fourth-order valence-electron chi connectivity index (χ4n) is 5.30. The summed E-state index contributed by atoms with van der Waals surface area (Å²) in [5.41, 5.74) is 0. The van der Waals surface area contributed by atoms with Gasteiger partial charge in [-0.15, -0.1) is 11.6 Å². The van der Waals surface area contributed by atoms with Crippen molar-refractivity contribution in [1.29, 1.82) is 0 Å². The molecule has 0 radical (unpaired) electrons. The summed E-state index contributed by atoms with van der Waals surface area (Å²) in [6, 6.07) is 0. The number of halogens is 1. The van der Waals surface area contributed by atoms with E-state index in [0.29, 0.717) is 35.5 Å². The van der Waals surface area contributed by atoms with E-state index < -0.39 is 13.7 Å². The highest BCUT2D eigenvalue weighted by atomic mass is 35.5. The standard InChI is InChI=1S/C23H44ClO4P/c1-15(2)20-9-7-17(5)11-22(20)27-29(26,14-19(25)13-24)28-23-12-18(6)8-10-21(23)16(3)4/h15-23,25H,7-14H2,1-6H3/t17-,18-,19+,20+,21+,22-,23-/m1/s1. The highest BCUT2D eigenvalue weighted by molar-refractivity contribution is 7.53. The van der Waals surface area contributed by atoms with Gasteiger partial charge in [-0.25, -0.2) is 0 Å². The molecule has 0 spiro atoms. The summed E-state index contributed by atoms with van der Waals surface area (Å²) in [6.45, 7) is 13.3. The predicted octanol–water partition coefficient (Wildman–Crippen LogP) is 6.73. The minimum atomic E-state index is -3.47. The molecule has 6 heteroatoms. The van der Waals surface area contributed by atoms with Crippen LogP contribution in [0.25, 0.3) is 0 Å². The third kappa shape index (κ3) is 7.49. The highest BCUT2D eigenvalue weighted by Gasteiger charge is 2.42. The van der Waals surface area contributed by atoms with Gasteiger partial charge in [0.05, 0.1) is 24.5 Å². The van der Waals surface area contributed by atoms with Crippen LogP contribution in [0.15, 0.2) is 0 Å². The first kappa shape index (κ1) is 25.7. The summed E-state index contributed by atoms with van der Waals surface area (Å²) in [7, 11) is -3.47. The van der Waals surface area contributed by atoms with Crippen LogP contribution in [-0.4, -0.2) is 35.5 Å². The molecule has 2 fully saturated rings. The summed E-state index contributed by atoms with van der Waals surface area (Å²) in [6.07, 6.45) is 5.33. The van der Waals surface area contributed by atoms with E-state index in [1.807, 2.05) is 0 Å². The minimum absolute atomic E-state index is 0.0120. The molecule has 1 N–H and O–H groups in total. The van der Waals surface area contributed by atoms with E-state index in [-0.39, 0.29) is 24.2 Å². The van der Waals surface area contributed by atoms with E-state index in [4.69, 9.17) is 20.6 Å². The van der Waals surface area contributed by atoms with Crippen LogP contribution in [0, 0.1) is 35.5 Å². The lowest BCUT2D eigenvalue weighted by atomic mass is 9.75. The first-order chi connectivity index (χ1) is 13.5. The minimum Gasteiger partial charge on any atom is -0.391 e. The van der Waals surface area contributed by atoms with Gasteiger partial charge in [0.15, 0.2) is 0 Å². The largest absolute Gasteiger partial charge is 0.391 e. The van der Waals surface area contributed by atoms with Crippen molar-refractivity contribution in [2.24, 2.45) is 35.5 Å². The molecule has 2 saturated carbocycles. The molecule has 2 aliphatic carbocycles. The van der Waals surface area contributed by atoms with Crippen LogP contribution in [-0.2, 0) is 13.6 Å². The second kappa shape index (κ2) is 11.3. The Kier molecular flexibility index (Phi) is 10.0. The Balaban J connectivity index is 2.23. The molecule has 0 aliphatic heterocycles. The molecule has 7 atom stereocenters. The molecule has 0 aromatic rings. The van der Waals surface area contributed by atoms with Crippen molar-refractivity contribution < 1.29 is 18.7 Å². The van der Waals surface area contributed by atoms with Crippen LogP contribution in [0.3, 0.4) is 0 Å². The molecule has 0 aromatic carbocycles. The van der Waals surface area contributed by atoms with Crippen molar-refractivity contribution in [2.75, 3.05) is 12.0 Å². The van der Waals surface area contributed by atoms with Crippen LogP contribution in [0.4, 0.5) is 0 Å². The second-order valence-electron chi connectivity index (χ2n) is 10.5. The first-order valence-corrected chi connectivity index (χ1v) is 14.0. The van der Waals surface area contributed by atoms with Crippen LogP contribution in [0.1, 0.15) is 80.1 Å². The Morgan fingerprint density at radius 1 is 0.897 bits per heavy atom. The average molecular weight is 451 g/mol. The van der Waals surface area contributed by atoms with Crippen molar-refractivity contribution in [3.05, 3.63) is 0 Å².